The SMILES string of the molecule is CC.CC(C)C.CC(C)N1CNNN1. The lowest BCUT2D eigenvalue weighted by Gasteiger charge is -2.16. The minimum atomic E-state index is 0.539. The van der Waals surface area contributed by atoms with E-state index in [9.17, 15) is 0 Å². The van der Waals surface area contributed by atoms with Crippen LogP contribution in [-0.2, 0) is 0 Å². The summed E-state index contributed by atoms with van der Waals surface area (Å²) in [6, 6.07) is 0.539. The third-order valence-corrected chi connectivity index (χ3v) is 1.16. The summed E-state index contributed by atoms with van der Waals surface area (Å²) in [6.45, 7) is 15.6. The van der Waals surface area contributed by atoms with Gasteiger partial charge < -0.3 is 0 Å². The molecule has 14 heavy (non-hydrogen) atoms. The van der Waals surface area contributed by atoms with Gasteiger partial charge >= 0.3 is 0 Å². The summed E-state index contributed by atoms with van der Waals surface area (Å²) in [5, 5.41) is 2.06. The highest BCUT2D eigenvalue weighted by atomic mass is 15.9. The van der Waals surface area contributed by atoms with Gasteiger partial charge in [0.05, 0.1) is 6.67 Å². The van der Waals surface area contributed by atoms with Crippen LogP contribution in [-0.4, -0.2) is 17.7 Å². The molecule has 1 fully saturated rings. The molecule has 0 unspecified atom stereocenters. The van der Waals surface area contributed by atoms with E-state index < -0.39 is 0 Å². The number of hydrazine groups is 3. The van der Waals surface area contributed by atoms with Crippen LogP contribution in [0.15, 0.2) is 0 Å². The van der Waals surface area contributed by atoms with Crippen LogP contribution in [0.1, 0.15) is 48.5 Å². The Bertz CT molecular complexity index is 95.5. The van der Waals surface area contributed by atoms with Gasteiger partial charge in [0.25, 0.3) is 0 Å². The lowest BCUT2D eigenvalue weighted by atomic mass is 10.3. The molecule has 0 spiro atoms. The molecule has 1 saturated heterocycles. The summed E-state index contributed by atoms with van der Waals surface area (Å²) in [6.07, 6.45) is 0. The topological polar surface area (TPSA) is 39.3 Å². The van der Waals surface area contributed by atoms with E-state index in [1.54, 1.807) is 0 Å². The van der Waals surface area contributed by atoms with E-state index in [1.807, 2.05) is 13.8 Å². The van der Waals surface area contributed by atoms with Crippen LogP contribution < -0.4 is 16.5 Å². The van der Waals surface area contributed by atoms with Gasteiger partial charge in [-0.1, -0.05) is 34.6 Å². The Morgan fingerprint density at radius 3 is 1.57 bits per heavy atom. The first-order chi connectivity index (χ1) is 6.54. The maximum Gasteiger partial charge on any atom is 0.0781 e. The largest absolute Gasteiger partial charge is 0.227 e. The molecule has 0 radical (unpaired) electrons. The van der Waals surface area contributed by atoms with Crippen LogP contribution >= 0.6 is 0 Å². The van der Waals surface area contributed by atoms with Gasteiger partial charge in [-0.05, 0) is 19.8 Å². The average Bonchev–Trinajstić information content (AvgIpc) is 2.58. The first-order valence-electron chi connectivity index (χ1n) is 5.54. The monoisotopic (exact) mass is 204 g/mol. The van der Waals surface area contributed by atoms with Crippen molar-refractivity contribution in [2.24, 2.45) is 5.92 Å². The van der Waals surface area contributed by atoms with Crippen LogP contribution in [0.25, 0.3) is 0 Å². The molecule has 0 aromatic carbocycles. The quantitative estimate of drug-likeness (QED) is 0.610. The molecule has 0 aromatic rings. The number of hydrogen-bond acceptors (Lipinski definition) is 4. The second kappa shape index (κ2) is 10.9. The first kappa shape index (κ1) is 16.3. The van der Waals surface area contributed by atoms with Crippen molar-refractivity contribution in [1.29, 1.82) is 0 Å². The van der Waals surface area contributed by atoms with Crippen LogP contribution in [0.3, 0.4) is 0 Å². The minimum Gasteiger partial charge on any atom is -0.227 e. The van der Waals surface area contributed by atoms with Crippen molar-refractivity contribution in [2.75, 3.05) is 6.67 Å². The zero-order valence-corrected chi connectivity index (χ0v) is 10.8. The molecule has 3 N–H and O–H groups in total. The minimum absolute atomic E-state index is 0.539. The normalized spacial score (nSPS) is 16.1. The van der Waals surface area contributed by atoms with Gasteiger partial charge in [-0.2, -0.15) is 11.1 Å². The van der Waals surface area contributed by atoms with Gasteiger partial charge in [0.1, 0.15) is 0 Å². The fourth-order valence-corrected chi connectivity index (χ4v) is 0.587. The van der Waals surface area contributed by atoms with E-state index in [0.717, 1.165) is 12.6 Å². The molecule has 0 aliphatic carbocycles. The maximum atomic E-state index is 2.93. The fourth-order valence-electron chi connectivity index (χ4n) is 0.587. The Morgan fingerprint density at radius 2 is 1.43 bits per heavy atom. The first-order valence-corrected chi connectivity index (χ1v) is 5.54. The van der Waals surface area contributed by atoms with Crippen LogP contribution in [0.5, 0.6) is 0 Å². The van der Waals surface area contributed by atoms with E-state index in [1.165, 1.54) is 0 Å². The lowest BCUT2D eigenvalue weighted by molar-refractivity contribution is 0.183. The molecule has 0 amide bonds. The van der Waals surface area contributed by atoms with Crippen LogP contribution in [0.2, 0.25) is 0 Å². The van der Waals surface area contributed by atoms with Crippen molar-refractivity contribution in [3.05, 3.63) is 0 Å². The zero-order valence-electron chi connectivity index (χ0n) is 10.8. The Hall–Kier alpha value is -0.160. The molecule has 0 saturated carbocycles. The molecule has 0 bridgehead atoms. The Balaban J connectivity index is 0. The van der Waals surface area contributed by atoms with Crippen LogP contribution in [0.4, 0.5) is 0 Å². The molecule has 1 aliphatic rings. The van der Waals surface area contributed by atoms with E-state index in [2.05, 4.69) is 56.1 Å². The number of hydrogen-bond donors (Lipinski definition) is 3. The molecule has 0 atom stereocenters. The summed E-state index contributed by atoms with van der Waals surface area (Å²) in [5.41, 5.74) is 8.63. The summed E-state index contributed by atoms with van der Waals surface area (Å²) in [5.74, 6) is 0.833. The lowest BCUT2D eigenvalue weighted by Crippen LogP contribution is -2.40. The highest BCUT2D eigenvalue weighted by Crippen LogP contribution is 1.90. The highest BCUT2D eigenvalue weighted by molar-refractivity contribution is 4.55. The third-order valence-electron chi connectivity index (χ3n) is 1.16. The van der Waals surface area contributed by atoms with Crippen molar-refractivity contribution in [3.8, 4) is 0 Å². The zero-order chi connectivity index (χ0) is 11.6. The maximum absolute atomic E-state index is 2.93. The summed E-state index contributed by atoms with van der Waals surface area (Å²) in [7, 11) is 0. The van der Waals surface area contributed by atoms with Crippen molar-refractivity contribution in [3.63, 3.8) is 0 Å². The fraction of sp³-hybridized carbons (Fsp3) is 1.00. The van der Waals surface area contributed by atoms with Crippen LogP contribution in [0, 0.1) is 5.92 Å². The van der Waals surface area contributed by atoms with Gasteiger partial charge in [-0.25, -0.2) is 10.4 Å². The van der Waals surface area contributed by atoms with Gasteiger partial charge in [-0.15, -0.1) is 0 Å². The second-order valence-corrected chi connectivity index (χ2v) is 3.87. The van der Waals surface area contributed by atoms with Crippen molar-refractivity contribution in [1.82, 2.24) is 21.5 Å². The Kier molecular flexibility index (Phi) is 12.7. The molecule has 1 heterocycles. The Morgan fingerprint density at radius 1 is 1.00 bits per heavy atom. The summed E-state index contributed by atoms with van der Waals surface area (Å²) < 4.78 is 0. The molecule has 4 nitrogen and oxygen atoms in total. The van der Waals surface area contributed by atoms with Gasteiger partial charge in [0.15, 0.2) is 0 Å². The molecule has 1 aliphatic heterocycles. The highest BCUT2D eigenvalue weighted by Gasteiger charge is 2.11. The number of rotatable bonds is 1. The van der Waals surface area contributed by atoms with E-state index in [-0.39, 0.29) is 0 Å². The molecule has 88 valence electrons. The van der Waals surface area contributed by atoms with Crippen molar-refractivity contribution in [2.45, 2.75) is 54.5 Å². The molecule has 1 rings (SSSR count). The standard InChI is InChI=1S/C4H12N4.C4H10.C2H6/c1-4(2)8-3-5-6-7-8;1-4(2)3;1-2/h4-7H,3H2,1-2H3;4H,1-3H3;1-2H3. The predicted octanol–water partition coefficient (Wildman–Crippen LogP) is 1.87. The van der Waals surface area contributed by atoms with Crippen molar-refractivity contribution >= 4 is 0 Å². The van der Waals surface area contributed by atoms with E-state index >= 15 is 0 Å². The molecular formula is C10H28N4. The van der Waals surface area contributed by atoms with Crippen molar-refractivity contribution < 1.29 is 0 Å². The molecular weight excluding hydrogens is 176 g/mol. The van der Waals surface area contributed by atoms with Gasteiger partial charge in [0, 0.05) is 6.04 Å². The second-order valence-electron chi connectivity index (χ2n) is 3.87. The number of nitrogens with one attached hydrogen (secondary N) is 3. The van der Waals surface area contributed by atoms with E-state index in [0.29, 0.717) is 6.04 Å². The number of nitrogens with zero attached hydrogens (tertiary/aromatic N) is 1. The summed E-state index contributed by atoms with van der Waals surface area (Å²) in [4.78, 5) is 0. The average molecular weight is 204 g/mol. The molecule has 0 aromatic heterocycles. The molecule has 4 heteroatoms. The van der Waals surface area contributed by atoms with Gasteiger partial charge in [-0.3, -0.25) is 0 Å². The smallest absolute Gasteiger partial charge is 0.0781 e. The Labute approximate surface area is 89.3 Å². The van der Waals surface area contributed by atoms with E-state index in [4.69, 9.17) is 0 Å². The third kappa shape index (κ3) is 11.8. The summed E-state index contributed by atoms with van der Waals surface area (Å²) >= 11 is 0. The van der Waals surface area contributed by atoms with Gasteiger partial charge in [0.2, 0.25) is 0 Å². The predicted molar refractivity (Wildman–Crippen MR) is 63.1 cm³/mol.